The standard InChI is InChI=1S/C14H20N4/c1-9-6-12(8-18(9)3)17-11-4-5-13-14(7-11)16-10(2)15-13/h4-5,7,9,12,17H,6,8H2,1-3H3,(H,15,16). The van der Waals surface area contributed by atoms with Crippen LogP contribution >= 0.6 is 0 Å². The summed E-state index contributed by atoms with van der Waals surface area (Å²) >= 11 is 0. The lowest BCUT2D eigenvalue weighted by Gasteiger charge is -2.14. The highest BCUT2D eigenvalue weighted by atomic mass is 15.2. The Bertz CT molecular complexity index is 550. The van der Waals surface area contributed by atoms with Crippen LogP contribution in [0.4, 0.5) is 5.69 Å². The molecular weight excluding hydrogens is 224 g/mol. The van der Waals surface area contributed by atoms with Crippen LogP contribution in [0.25, 0.3) is 11.0 Å². The third kappa shape index (κ3) is 2.08. The molecular formula is C14H20N4. The number of likely N-dealkylation sites (N-methyl/N-ethyl adjacent to an activating group) is 1. The van der Waals surface area contributed by atoms with Gasteiger partial charge in [-0.3, -0.25) is 0 Å². The van der Waals surface area contributed by atoms with Gasteiger partial charge in [0.2, 0.25) is 0 Å². The van der Waals surface area contributed by atoms with Gasteiger partial charge in [-0.2, -0.15) is 0 Å². The fourth-order valence-corrected chi connectivity index (χ4v) is 2.76. The third-order valence-corrected chi connectivity index (χ3v) is 3.86. The number of H-pyrrole nitrogens is 1. The second kappa shape index (κ2) is 4.28. The van der Waals surface area contributed by atoms with Crippen LogP contribution in [0.2, 0.25) is 0 Å². The Balaban J connectivity index is 1.78. The molecule has 0 aliphatic carbocycles. The average Bonchev–Trinajstić information content (AvgIpc) is 2.81. The van der Waals surface area contributed by atoms with Gasteiger partial charge in [-0.05, 0) is 45.5 Å². The molecule has 0 spiro atoms. The van der Waals surface area contributed by atoms with Crippen molar-refractivity contribution in [2.24, 2.45) is 0 Å². The SMILES string of the molecule is Cc1nc2ccc(NC3CC(C)N(C)C3)cc2[nH]1. The van der Waals surface area contributed by atoms with E-state index >= 15 is 0 Å². The summed E-state index contributed by atoms with van der Waals surface area (Å²) in [5.74, 6) is 0.969. The molecule has 0 amide bonds. The number of hydrogen-bond acceptors (Lipinski definition) is 3. The van der Waals surface area contributed by atoms with Crippen LogP contribution in [0.15, 0.2) is 18.2 Å². The fourth-order valence-electron chi connectivity index (χ4n) is 2.76. The first-order valence-electron chi connectivity index (χ1n) is 6.55. The molecule has 2 aromatic rings. The first-order chi connectivity index (χ1) is 8.61. The van der Waals surface area contributed by atoms with E-state index in [9.17, 15) is 0 Å². The van der Waals surface area contributed by atoms with E-state index in [1.165, 1.54) is 12.1 Å². The monoisotopic (exact) mass is 244 g/mol. The van der Waals surface area contributed by atoms with Crippen LogP contribution in [-0.2, 0) is 0 Å². The topological polar surface area (TPSA) is 44.0 Å². The zero-order valence-electron chi connectivity index (χ0n) is 11.2. The number of fused-ring (bicyclic) bond motifs is 1. The Labute approximate surface area is 107 Å². The first-order valence-corrected chi connectivity index (χ1v) is 6.55. The van der Waals surface area contributed by atoms with Crippen LogP contribution < -0.4 is 5.32 Å². The predicted molar refractivity (Wildman–Crippen MR) is 75.0 cm³/mol. The zero-order chi connectivity index (χ0) is 12.7. The van der Waals surface area contributed by atoms with Gasteiger partial charge in [-0.1, -0.05) is 0 Å². The van der Waals surface area contributed by atoms with E-state index in [2.05, 4.69) is 52.4 Å². The number of aromatic nitrogens is 2. The van der Waals surface area contributed by atoms with Crippen molar-refractivity contribution in [1.29, 1.82) is 0 Å². The Kier molecular flexibility index (Phi) is 2.74. The maximum absolute atomic E-state index is 4.42. The average molecular weight is 244 g/mol. The van der Waals surface area contributed by atoms with Crippen LogP contribution in [0.1, 0.15) is 19.2 Å². The summed E-state index contributed by atoms with van der Waals surface area (Å²) in [4.78, 5) is 10.1. The van der Waals surface area contributed by atoms with Crippen LogP contribution in [0.3, 0.4) is 0 Å². The van der Waals surface area contributed by atoms with E-state index in [4.69, 9.17) is 0 Å². The Morgan fingerprint density at radius 2 is 2.28 bits per heavy atom. The zero-order valence-corrected chi connectivity index (χ0v) is 11.2. The molecule has 2 atom stereocenters. The quantitative estimate of drug-likeness (QED) is 0.852. The molecule has 18 heavy (non-hydrogen) atoms. The number of imidazole rings is 1. The molecule has 3 rings (SSSR count). The summed E-state index contributed by atoms with van der Waals surface area (Å²) in [5.41, 5.74) is 3.32. The van der Waals surface area contributed by atoms with Crippen molar-refractivity contribution in [3.63, 3.8) is 0 Å². The lowest BCUT2D eigenvalue weighted by molar-refractivity contribution is 0.330. The van der Waals surface area contributed by atoms with Gasteiger partial charge in [0.15, 0.2) is 0 Å². The molecule has 1 aliphatic heterocycles. The smallest absolute Gasteiger partial charge is 0.104 e. The van der Waals surface area contributed by atoms with Gasteiger partial charge < -0.3 is 15.2 Å². The van der Waals surface area contributed by atoms with Gasteiger partial charge in [0.05, 0.1) is 11.0 Å². The van der Waals surface area contributed by atoms with E-state index < -0.39 is 0 Å². The van der Waals surface area contributed by atoms with Crippen molar-refractivity contribution in [2.75, 3.05) is 18.9 Å². The molecule has 4 nitrogen and oxygen atoms in total. The largest absolute Gasteiger partial charge is 0.381 e. The third-order valence-electron chi connectivity index (χ3n) is 3.86. The summed E-state index contributed by atoms with van der Waals surface area (Å²) in [7, 11) is 2.19. The second-order valence-electron chi connectivity index (χ2n) is 5.42. The highest BCUT2D eigenvalue weighted by Crippen LogP contribution is 2.22. The van der Waals surface area contributed by atoms with Crippen LogP contribution in [0.5, 0.6) is 0 Å². The Morgan fingerprint density at radius 3 is 3.00 bits per heavy atom. The number of aryl methyl sites for hydroxylation is 1. The second-order valence-corrected chi connectivity index (χ2v) is 5.42. The van der Waals surface area contributed by atoms with Gasteiger partial charge in [0.1, 0.15) is 5.82 Å². The summed E-state index contributed by atoms with van der Waals surface area (Å²) < 4.78 is 0. The number of rotatable bonds is 2. The number of nitrogens with zero attached hydrogens (tertiary/aromatic N) is 2. The number of benzene rings is 1. The molecule has 0 bridgehead atoms. The lowest BCUT2D eigenvalue weighted by atomic mass is 10.2. The maximum Gasteiger partial charge on any atom is 0.104 e. The molecule has 0 saturated carbocycles. The van der Waals surface area contributed by atoms with Crippen molar-refractivity contribution in [2.45, 2.75) is 32.4 Å². The first kappa shape index (κ1) is 11.5. The van der Waals surface area contributed by atoms with Gasteiger partial charge in [-0.15, -0.1) is 0 Å². The molecule has 1 aliphatic rings. The van der Waals surface area contributed by atoms with Crippen LogP contribution in [0, 0.1) is 6.92 Å². The predicted octanol–water partition coefficient (Wildman–Crippen LogP) is 2.38. The van der Waals surface area contributed by atoms with Gasteiger partial charge >= 0.3 is 0 Å². The lowest BCUT2D eigenvalue weighted by Crippen LogP contribution is -2.24. The number of likely N-dealkylation sites (tertiary alicyclic amines) is 1. The normalized spacial score (nSPS) is 24.8. The molecule has 2 heterocycles. The minimum absolute atomic E-state index is 0.548. The Morgan fingerprint density at radius 1 is 1.44 bits per heavy atom. The number of anilines is 1. The van der Waals surface area contributed by atoms with Crippen LogP contribution in [-0.4, -0.2) is 40.5 Å². The van der Waals surface area contributed by atoms with Crippen molar-refractivity contribution < 1.29 is 0 Å². The summed E-state index contributed by atoms with van der Waals surface area (Å²) in [5, 5.41) is 3.61. The minimum atomic E-state index is 0.548. The fraction of sp³-hybridized carbons (Fsp3) is 0.500. The molecule has 2 unspecified atom stereocenters. The molecule has 0 radical (unpaired) electrons. The number of nitrogens with one attached hydrogen (secondary N) is 2. The van der Waals surface area contributed by atoms with Gasteiger partial charge in [0.25, 0.3) is 0 Å². The van der Waals surface area contributed by atoms with E-state index in [0.717, 1.165) is 23.4 Å². The number of aromatic amines is 1. The van der Waals surface area contributed by atoms with E-state index in [1.807, 2.05) is 6.92 Å². The van der Waals surface area contributed by atoms with Gasteiger partial charge in [0, 0.05) is 24.3 Å². The molecule has 96 valence electrons. The van der Waals surface area contributed by atoms with Crippen molar-refractivity contribution >= 4 is 16.7 Å². The highest BCUT2D eigenvalue weighted by molar-refractivity contribution is 5.79. The Hall–Kier alpha value is -1.55. The van der Waals surface area contributed by atoms with Crippen molar-refractivity contribution in [1.82, 2.24) is 14.9 Å². The van der Waals surface area contributed by atoms with Crippen molar-refractivity contribution in [3.8, 4) is 0 Å². The molecule has 1 saturated heterocycles. The van der Waals surface area contributed by atoms with Gasteiger partial charge in [-0.25, -0.2) is 4.98 Å². The summed E-state index contributed by atoms with van der Waals surface area (Å²) in [6.07, 6.45) is 1.20. The molecule has 1 aromatic heterocycles. The molecule has 1 fully saturated rings. The highest BCUT2D eigenvalue weighted by Gasteiger charge is 2.25. The van der Waals surface area contributed by atoms with Crippen molar-refractivity contribution in [3.05, 3.63) is 24.0 Å². The van der Waals surface area contributed by atoms with E-state index in [0.29, 0.717) is 12.1 Å². The van der Waals surface area contributed by atoms with E-state index in [1.54, 1.807) is 0 Å². The number of hydrogen-bond donors (Lipinski definition) is 2. The minimum Gasteiger partial charge on any atom is -0.381 e. The maximum atomic E-state index is 4.42. The molecule has 4 heteroatoms. The van der Waals surface area contributed by atoms with E-state index in [-0.39, 0.29) is 0 Å². The summed E-state index contributed by atoms with van der Waals surface area (Å²) in [6.45, 7) is 5.38. The molecule has 2 N–H and O–H groups in total. The summed E-state index contributed by atoms with van der Waals surface area (Å²) in [6, 6.07) is 7.56. The molecule has 1 aromatic carbocycles.